The molecule has 1 aromatic heterocycles. The highest BCUT2D eigenvalue weighted by Crippen LogP contribution is 2.15. The quantitative estimate of drug-likeness (QED) is 0.777. The molecule has 0 aliphatic heterocycles. The van der Waals surface area contributed by atoms with Crippen molar-refractivity contribution in [3.05, 3.63) is 30.1 Å². The van der Waals surface area contributed by atoms with Crippen LogP contribution >= 0.6 is 0 Å². The summed E-state index contributed by atoms with van der Waals surface area (Å²) in [6.45, 7) is 5.50. The van der Waals surface area contributed by atoms with Gasteiger partial charge in [-0.05, 0) is 23.6 Å². The maximum absolute atomic E-state index is 5.69. The molecule has 0 radical (unpaired) electrons. The van der Waals surface area contributed by atoms with Crippen molar-refractivity contribution >= 4 is 0 Å². The van der Waals surface area contributed by atoms with Crippen LogP contribution in [0.4, 0.5) is 0 Å². The Balaban J connectivity index is 2.54. The molecular weight excluding hydrogens is 176 g/mol. The SMILES string of the molecule is CC(C)COC(CN)c1ccncc1. The van der Waals surface area contributed by atoms with Gasteiger partial charge in [-0.2, -0.15) is 0 Å². The summed E-state index contributed by atoms with van der Waals surface area (Å²) in [6.07, 6.45) is 3.52. The van der Waals surface area contributed by atoms with E-state index in [2.05, 4.69) is 18.8 Å². The number of aromatic nitrogens is 1. The summed E-state index contributed by atoms with van der Waals surface area (Å²) in [4.78, 5) is 3.96. The molecule has 0 saturated heterocycles. The third-order valence-corrected chi connectivity index (χ3v) is 1.92. The Hall–Kier alpha value is -0.930. The number of ether oxygens (including phenoxy) is 1. The van der Waals surface area contributed by atoms with E-state index in [4.69, 9.17) is 10.5 Å². The Bertz CT molecular complexity index is 249. The summed E-state index contributed by atoms with van der Waals surface area (Å²) < 4.78 is 5.69. The first-order valence-electron chi connectivity index (χ1n) is 4.95. The fourth-order valence-electron chi connectivity index (χ4n) is 1.19. The molecule has 2 N–H and O–H groups in total. The zero-order valence-corrected chi connectivity index (χ0v) is 8.81. The van der Waals surface area contributed by atoms with Crippen molar-refractivity contribution < 1.29 is 4.74 Å². The highest BCUT2D eigenvalue weighted by Gasteiger charge is 2.09. The number of rotatable bonds is 5. The second-order valence-corrected chi connectivity index (χ2v) is 3.73. The van der Waals surface area contributed by atoms with Gasteiger partial charge >= 0.3 is 0 Å². The van der Waals surface area contributed by atoms with Gasteiger partial charge in [-0.3, -0.25) is 4.98 Å². The first kappa shape index (κ1) is 11.1. The van der Waals surface area contributed by atoms with Crippen LogP contribution in [-0.4, -0.2) is 18.1 Å². The Morgan fingerprint density at radius 1 is 1.36 bits per heavy atom. The van der Waals surface area contributed by atoms with Crippen molar-refractivity contribution in [1.82, 2.24) is 4.98 Å². The minimum Gasteiger partial charge on any atom is -0.372 e. The van der Waals surface area contributed by atoms with Crippen molar-refractivity contribution in [3.8, 4) is 0 Å². The Morgan fingerprint density at radius 2 is 2.00 bits per heavy atom. The molecule has 3 heteroatoms. The van der Waals surface area contributed by atoms with Crippen molar-refractivity contribution in [1.29, 1.82) is 0 Å². The average molecular weight is 194 g/mol. The largest absolute Gasteiger partial charge is 0.372 e. The minimum absolute atomic E-state index is 0.000370. The van der Waals surface area contributed by atoms with Gasteiger partial charge in [0.05, 0.1) is 6.10 Å². The molecule has 1 rings (SSSR count). The number of hydrogen-bond donors (Lipinski definition) is 1. The van der Waals surface area contributed by atoms with E-state index < -0.39 is 0 Å². The average Bonchev–Trinajstić information content (AvgIpc) is 2.20. The summed E-state index contributed by atoms with van der Waals surface area (Å²) in [5.74, 6) is 0.533. The molecule has 0 spiro atoms. The first-order chi connectivity index (χ1) is 6.74. The Labute approximate surface area is 85.3 Å². The molecular formula is C11H18N2O. The summed E-state index contributed by atoms with van der Waals surface area (Å²) in [5.41, 5.74) is 6.75. The summed E-state index contributed by atoms with van der Waals surface area (Å²) in [7, 11) is 0. The van der Waals surface area contributed by atoms with Crippen molar-refractivity contribution in [2.45, 2.75) is 20.0 Å². The van der Waals surface area contributed by atoms with E-state index in [1.54, 1.807) is 12.4 Å². The van der Waals surface area contributed by atoms with Crippen LogP contribution < -0.4 is 5.73 Å². The summed E-state index contributed by atoms with van der Waals surface area (Å²) >= 11 is 0. The lowest BCUT2D eigenvalue weighted by Gasteiger charge is -2.17. The lowest BCUT2D eigenvalue weighted by molar-refractivity contribution is 0.0405. The summed E-state index contributed by atoms with van der Waals surface area (Å²) in [6, 6.07) is 3.88. The fraction of sp³-hybridized carbons (Fsp3) is 0.545. The van der Waals surface area contributed by atoms with Gasteiger partial charge < -0.3 is 10.5 Å². The van der Waals surface area contributed by atoms with Crippen LogP contribution in [0.15, 0.2) is 24.5 Å². The minimum atomic E-state index is 0.000370. The van der Waals surface area contributed by atoms with E-state index in [1.165, 1.54) is 0 Å². The molecule has 1 unspecified atom stereocenters. The number of hydrogen-bond acceptors (Lipinski definition) is 3. The smallest absolute Gasteiger partial charge is 0.0948 e. The molecule has 0 aliphatic rings. The van der Waals surface area contributed by atoms with Crippen LogP contribution in [0.3, 0.4) is 0 Å². The zero-order valence-electron chi connectivity index (χ0n) is 8.81. The molecule has 78 valence electrons. The molecule has 0 amide bonds. The van der Waals surface area contributed by atoms with Crippen LogP contribution in [0.1, 0.15) is 25.5 Å². The van der Waals surface area contributed by atoms with Gasteiger partial charge in [-0.25, -0.2) is 0 Å². The van der Waals surface area contributed by atoms with Crippen molar-refractivity contribution in [2.24, 2.45) is 11.7 Å². The van der Waals surface area contributed by atoms with E-state index in [1.807, 2.05) is 12.1 Å². The molecule has 0 aromatic carbocycles. The van der Waals surface area contributed by atoms with Crippen LogP contribution in [-0.2, 0) is 4.74 Å². The van der Waals surface area contributed by atoms with E-state index in [9.17, 15) is 0 Å². The number of pyridine rings is 1. The second-order valence-electron chi connectivity index (χ2n) is 3.73. The maximum Gasteiger partial charge on any atom is 0.0948 e. The molecule has 0 aliphatic carbocycles. The predicted octanol–water partition coefficient (Wildman–Crippen LogP) is 1.75. The molecule has 1 aromatic rings. The lowest BCUT2D eigenvalue weighted by Crippen LogP contribution is -2.18. The van der Waals surface area contributed by atoms with E-state index in [-0.39, 0.29) is 6.10 Å². The molecule has 1 heterocycles. The Morgan fingerprint density at radius 3 is 2.50 bits per heavy atom. The van der Waals surface area contributed by atoms with Gasteiger partial charge in [0.15, 0.2) is 0 Å². The van der Waals surface area contributed by atoms with E-state index in [0.717, 1.165) is 12.2 Å². The molecule has 1 atom stereocenters. The van der Waals surface area contributed by atoms with E-state index >= 15 is 0 Å². The third kappa shape index (κ3) is 3.44. The third-order valence-electron chi connectivity index (χ3n) is 1.92. The van der Waals surface area contributed by atoms with E-state index in [0.29, 0.717) is 12.5 Å². The number of nitrogens with two attached hydrogens (primary N) is 1. The molecule has 14 heavy (non-hydrogen) atoms. The van der Waals surface area contributed by atoms with Gasteiger partial charge in [0.2, 0.25) is 0 Å². The highest BCUT2D eigenvalue weighted by molar-refractivity contribution is 5.13. The van der Waals surface area contributed by atoms with Gasteiger partial charge in [-0.15, -0.1) is 0 Å². The van der Waals surface area contributed by atoms with Gasteiger partial charge in [0.25, 0.3) is 0 Å². The summed E-state index contributed by atoms with van der Waals surface area (Å²) in [5, 5.41) is 0. The van der Waals surface area contributed by atoms with Crippen LogP contribution in [0.2, 0.25) is 0 Å². The molecule has 0 saturated carbocycles. The van der Waals surface area contributed by atoms with Crippen molar-refractivity contribution in [3.63, 3.8) is 0 Å². The normalized spacial score (nSPS) is 13.1. The van der Waals surface area contributed by atoms with Crippen LogP contribution in [0, 0.1) is 5.92 Å². The van der Waals surface area contributed by atoms with Crippen molar-refractivity contribution in [2.75, 3.05) is 13.2 Å². The van der Waals surface area contributed by atoms with Gasteiger partial charge in [-0.1, -0.05) is 13.8 Å². The van der Waals surface area contributed by atoms with Gasteiger partial charge in [0.1, 0.15) is 0 Å². The Kier molecular flexibility index (Phi) is 4.56. The second kappa shape index (κ2) is 5.73. The number of nitrogens with zero attached hydrogens (tertiary/aromatic N) is 1. The molecule has 3 nitrogen and oxygen atoms in total. The standard InChI is InChI=1S/C11H18N2O/c1-9(2)8-14-11(7-12)10-3-5-13-6-4-10/h3-6,9,11H,7-8,12H2,1-2H3. The lowest BCUT2D eigenvalue weighted by atomic mass is 10.1. The molecule has 0 bridgehead atoms. The monoisotopic (exact) mass is 194 g/mol. The predicted molar refractivity (Wildman–Crippen MR) is 56.8 cm³/mol. The first-order valence-corrected chi connectivity index (χ1v) is 4.95. The zero-order chi connectivity index (χ0) is 10.4. The van der Waals surface area contributed by atoms with Crippen LogP contribution in [0.25, 0.3) is 0 Å². The highest BCUT2D eigenvalue weighted by atomic mass is 16.5. The van der Waals surface area contributed by atoms with Gasteiger partial charge in [0, 0.05) is 25.5 Å². The molecule has 0 fully saturated rings. The fourth-order valence-corrected chi connectivity index (χ4v) is 1.19. The van der Waals surface area contributed by atoms with Crippen LogP contribution in [0.5, 0.6) is 0 Å². The topological polar surface area (TPSA) is 48.1 Å². The maximum atomic E-state index is 5.69.